The Balaban J connectivity index is 2.32. The van der Waals surface area contributed by atoms with E-state index in [4.69, 9.17) is 4.74 Å². The summed E-state index contributed by atoms with van der Waals surface area (Å²) in [6, 6.07) is -0.670. The summed E-state index contributed by atoms with van der Waals surface area (Å²) in [7, 11) is 0. The van der Waals surface area contributed by atoms with Crippen LogP contribution >= 0.6 is 0 Å². The summed E-state index contributed by atoms with van der Waals surface area (Å²) in [5.41, 5.74) is -1.80. The molecule has 0 spiro atoms. The number of ether oxygens (including phenoxy) is 1. The molecule has 1 heterocycles. The number of carbonyl (C=O) groups excluding carboxylic acids is 2. The number of imide groups is 1. The van der Waals surface area contributed by atoms with Crippen LogP contribution < -0.4 is 0 Å². The van der Waals surface area contributed by atoms with Gasteiger partial charge in [-0.2, -0.15) is 13.2 Å². The highest BCUT2D eigenvalue weighted by molar-refractivity contribution is 5.96. The van der Waals surface area contributed by atoms with Gasteiger partial charge in [-0.1, -0.05) is 13.8 Å². The number of rotatable bonds is 8. The maximum absolute atomic E-state index is 14.8. The third-order valence-electron chi connectivity index (χ3n) is 5.61. The van der Waals surface area contributed by atoms with E-state index in [0.717, 1.165) is 4.90 Å². The van der Waals surface area contributed by atoms with Crippen LogP contribution in [0.2, 0.25) is 0 Å². The van der Waals surface area contributed by atoms with Gasteiger partial charge in [-0.25, -0.2) is 14.1 Å². The van der Waals surface area contributed by atoms with Crippen molar-refractivity contribution in [3.8, 4) is 0 Å². The molecule has 1 saturated heterocycles. The fraction of sp³-hybridized carbons (Fsp3) is 0.833. The fourth-order valence-corrected chi connectivity index (χ4v) is 3.74. The van der Waals surface area contributed by atoms with Crippen molar-refractivity contribution in [2.24, 2.45) is 17.8 Å². The van der Waals surface area contributed by atoms with Crippen LogP contribution in [0.4, 0.5) is 22.4 Å². The van der Waals surface area contributed by atoms with Gasteiger partial charge in [-0.15, -0.1) is 0 Å². The number of alkyl halides is 4. The largest absolute Gasteiger partial charge is 0.481 e. The van der Waals surface area contributed by atoms with Crippen LogP contribution in [0.15, 0.2) is 0 Å². The molecule has 2 fully saturated rings. The van der Waals surface area contributed by atoms with E-state index in [9.17, 15) is 37.1 Å². The number of carbonyl (C=O) groups is 3. The van der Waals surface area contributed by atoms with E-state index in [1.807, 2.05) is 0 Å². The summed E-state index contributed by atoms with van der Waals surface area (Å²) in [6.07, 6.45) is -7.60. The number of carboxylic acid groups (broad SMARTS) is 1. The summed E-state index contributed by atoms with van der Waals surface area (Å²) >= 11 is 0. The first-order valence-electron chi connectivity index (χ1n) is 9.33. The third kappa shape index (κ3) is 5.14. The van der Waals surface area contributed by atoms with E-state index < -0.39 is 67.0 Å². The zero-order valence-electron chi connectivity index (χ0n) is 15.8. The predicted octanol–water partition coefficient (Wildman–Crippen LogP) is 3.93. The number of nitrogens with zero attached hydrogens (tertiary/aromatic N) is 1. The number of halogens is 4. The highest BCUT2D eigenvalue weighted by atomic mass is 19.4. The van der Waals surface area contributed by atoms with Gasteiger partial charge in [0, 0.05) is 6.42 Å². The zero-order chi connectivity index (χ0) is 21.3. The first-order chi connectivity index (χ1) is 12.8. The number of aliphatic carboxylic acids is 1. The van der Waals surface area contributed by atoms with Crippen LogP contribution in [0.25, 0.3) is 0 Å². The number of hydrogen-bond acceptors (Lipinski definition) is 4. The Kier molecular flexibility index (Phi) is 6.60. The minimum absolute atomic E-state index is 0.0873. The Morgan fingerprint density at radius 3 is 2.32 bits per heavy atom. The van der Waals surface area contributed by atoms with E-state index >= 15 is 0 Å². The average Bonchev–Trinajstić information content (AvgIpc) is 2.92. The van der Waals surface area contributed by atoms with Crippen molar-refractivity contribution in [2.75, 3.05) is 6.61 Å². The molecule has 0 aromatic rings. The highest BCUT2D eigenvalue weighted by Crippen LogP contribution is 2.44. The Labute approximate surface area is 160 Å². The van der Waals surface area contributed by atoms with Crippen molar-refractivity contribution in [1.29, 1.82) is 0 Å². The topological polar surface area (TPSA) is 83.9 Å². The average molecular weight is 411 g/mol. The molecule has 3 atom stereocenters. The fourth-order valence-electron chi connectivity index (χ4n) is 3.74. The minimum Gasteiger partial charge on any atom is -0.481 e. The Morgan fingerprint density at radius 1 is 1.29 bits per heavy atom. The summed E-state index contributed by atoms with van der Waals surface area (Å²) in [5, 5.41) is 9.48. The van der Waals surface area contributed by atoms with Gasteiger partial charge in [0.1, 0.15) is 12.3 Å². The molecule has 160 valence electrons. The van der Waals surface area contributed by atoms with E-state index in [-0.39, 0.29) is 25.4 Å². The van der Waals surface area contributed by atoms with Crippen LogP contribution in [0.3, 0.4) is 0 Å². The summed E-state index contributed by atoms with van der Waals surface area (Å²) < 4.78 is 57.6. The molecule has 28 heavy (non-hydrogen) atoms. The Morgan fingerprint density at radius 2 is 1.89 bits per heavy atom. The molecule has 0 radical (unpaired) electrons. The minimum atomic E-state index is -4.61. The second-order valence-electron chi connectivity index (χ2n) is 8.01. The molecule has 1 aliphatic carbocycles. The summed E-state index contributed by atoms with van der Waals surface area (Å²) in [4.78, 5) is 37.6. The molecule has 0 aromatic carbocycles. The molecule has 1 saturated carbocycles. The first-order valence-corrected chi connectivity index (χ1v) is 9.33. The van der Waals surface area contributed by atoms with Gasteiger partial charge in [0.25, 0.3) is 0 Å². The predicted molar refractivity (Wildman–Crippen MR) is 89.0 cm³/mol. The lowest BCUT2D eigenvalue weighted by Gasteiger charge is -2.39. The second-order valence-corrected chi connectivity index (χ2v) is 8.01. The Hall–Kier alpha value is -1.87. The molecule has 10 heteroatoms. The van der Waals surface area contributed by atoms with Crippen molar-refractivity contribution < 1.29 is 41.8 Å². The monoisotopic (exact) mass is 411 g/mol. The molecule has 0 aromatic heterocycles. The summed E-state index contributed by atoms with van der Waals surface area (Å²) in [6.45, 7) is 3.36. The standard InChI is InChI=1S/C18H25F4NO5/c1-10(2)13-9-28-16(27)23(13)14(24)12(8-17(19)5-3-6-17)11(15(25)26)4-7-18(20,21)22/h10-13H,3-9H2,1-2H3,(H,25,26). The SMILES string of the molecule is CC(C)C1COC(=O)N1C(=O)C(CC1(F)CCC1)C(CCC(F)(F)F)C(=O)O. The zero-order valence-corrected chi connectivity index (χ0v) is 15.8. The molecular formula is C18H25F4NO5. The van der Waals surface area contributed by atoms with Crippen molar-refractivity contribution in [3.05, 3.63) is 0 Å². The van der Waals surface area contributed by atoms with Crippen LogP contribution in [0.1, 0.15) is 52.4 Å². The van der Waals surface area contributed by atoms with Crippen LogP contribution in [-0.4, -0.2) is 52.5 Å². The van der Waals surface area contributed by atoms with E-state index in [1.54, 1.807) is 13.8 Å². The van der Waals surface area contributed by atoms with Gasteiger partial charge in [0.05, 0.1) is 17.9 Å². The summed E-state index contributed by atoms with van der Waals surface area (Å²) in [5.74, 6) is -6.11. The van der Waals surface area contributed by atoms with Crippen LogP contribution in [0.5, 0.6) is 0 Å². The molecule has 6 nitrogen and oxygen atoms in total. The lowest BCUT2D eigenvalue weighted by molar-refractivity contribution is -0.158. The molecule has 1 aliphatic heterocycles. The third-order valence-corrected chi connectivity index (χ3v) is 5.61. The first kappa shape index (κ1) is 22.4. The van der Waals surface area contributed by atoms with Crippen molar-refractivity contribution >= 4 is 18.0 Å². The maximum Gasteiger partial charge on any atom is 0.416 e. The van der Waals surface area contributed by atoms with Gasteiger partial charge >= 0.3 is 18.2 Å². The molecule has 2 amide bonds. The molecule has 2 rings (SSSR count). The van der Waals surface area contributed by atoms with Gasteiger partial charge in [-0.05, 0) is 38.0 Å². The molecule has 3 unspecified atom stereocenters. The number of hydrogen-bond donors (Lipinski definition) is 1. The van der Waals surface area contributed by atoms with Crippen LogP contribution in [0, 0.1) is 17.8 Å². The lowest BCUT2D eigenvalue weighted by Crippen LogP contribution is -2.50. The van der Waals surface area contributed by atoms with Crippen molar-refractivity contribution in [2.45, 2.75) is 70.3 Å². The Bertz CT molecular complexity index is 618. The number of carboxylic acids is 1. The normalized spacial score (nSPS) is 23.9. The lowest BCUT2D eigenvalue weighted by atomic mass is 9.71. The molecule has 1 N–H and O–H groups in total. The van der Waals surface area contributed by atoms with Gasteiger partial charge in [0.15, 0.2) is 0 Å². The van der Waals surface area contributed by atoms with Gasteiger partial charge in [0.2, 0.25) is 5.91 Å². The van der Waals surface area contributed by atoms with Gasteiger partial charge < -0.3 is 9.84 Å². The van der Waals surface area contributed by atoms with Crippen molar-refractivity contribution in [3.63, 3.8) is 0 Å². The number of cyclic esters (lactones) is 1. The van der Waals surface area contributed by atoms with E-state index in [1.165, 1.54) is 0 Å². The smallest absolute Gasteiger partial charge is 0.416 e. The van der Waals surface area contributed by atoms with E-state index in [2.05, 4.69) is 0 Å². The quantitative estimate of drug-likeness (QED) is 0.612. The van der Waals surface area contributed by atoms with Crippen LogP contribution in [-0.2, 0) is 14.3 Å². The molecule has 0 bridgehead atoms. The van der Waals surface area contributed by atoms with Crippen molar-refractivity contribution in [1.82, 2.24) is 4.90 Å². The van der Waals surface area contributed by atoms with E-state index in [0.29, 0.717) is 6.42 Å². The number of amides is 2. The van der Waals surface area contributed by atoms with Gasteiger partial charge in [-0.3, -0.25) is 9.59 Å². The maximum atomic E-state index is 14.8. The highest BCUT2D eigenvalue weighted by Gasteiger charge is 2.50. The molecular weight excluding hydrogens is 386 g/mol. The molecule has 2 aliphatic rings. The second kappa shape index (κ2) is 8.24.